The number of anilines is 2. The van der Waals surface area contributed by atoms with Crippen LogP contribution in [0.3, 0.4) is 0 Å². The van der Waals surface area contributed by atoms with Crippen LogP contribution >= 0.6 is 22.7 Å². The molecule has 0 bridgehead atoms. The minimum absolute atomic E-state index is 0.113. The molecule has 452 valence electrons. The Morgan fingerprint density at radius 2 is 0.744 bits per heavy atom. The zero-order chi connectivity index (χ0) is 61.0. The molecule has 2 fully saturated rings. The normalized spacial score (nSPS) is 20.1. The van der Waals surface area contributed by atoms with Gasteiger partial charge >= 0.3 is 24.7 Å². The Labute approximate surface area is 491 Å². The summed E-state index contributed by atoms with van der Waals surface area (Å²) >= 11 is 1.73. The van der Waals surface area contributed by atoms with Gasteiger partial charge in [-0.3, -0.25) is 19.0 Å². The summed E-state index contributed by atoms with van der Waals surface area (Å²) in [5.74, 6) is -7.70. The van der Waals surface area contributed by atoms with Gasteiger partial charge in [0.2, 0.25) is 0 Å². The standard InChI is InChI=1S/2C30H26F6N4O2S/c2*31-29(32,33)22-16-43-28(37-22)39-13-11-17(12-14-39)25-23-20(15-21(41)27(42)24(23)30(34,35)36)40(38-25)26(18-7-3-1-4-8-18)19-9-5-2-6-10-19/h2*1-10,16-17,24,26-27,42H,11-15H2/t2*24-,27+/m10/s1. The SMILES string of the molecule is O=C1Cc2c(c(C3CCN(c4nc(C(F)(F)F)cs4)CC3)nn2C(c2ccccc2)c2ccccc2)[C@@H](C(F)(F)F)[C@H]1O.O=C1Cc2c(c(C3CCN(c4nc(C(F)(F)F)cs4)CC3)nn2C(c2ccccc2)c2ccccc2)[C@H](C(F)(F)F)[C@@H]1O. The van der Waals surface area contributed by atoms with Crippen LogP contribution in [0, 0.1) is 0 Å². The molecule has 12 nitrogen and oxygen atoms in total. The molecule has 4 aliphatic rings. The van der Waals surface area contributed by atoms with Gasteiger partial charge in [0.1, 0.15) is 36.1 Å². The molecule has 2 N–H and O–H groups in total. The number of aromatic nitrogens is 6. The third-order valence-electron chi connectivity index (χ3n) is 16.3. The van der Waals surface area contributed by atoms with Gasteiger partial charge < -0.3 is 20.0 Å². The molecule has 0 spiro atoms. The van der Waals surface area contributed by atoms with Gasteiger partial charge in [-0.25, -0.2) is 9.97 Å². The highest BCUT2D eigenvalue weighted by Crippen LogP contribution is 2.51. The van der Waals surface area contributed by atoms with Gasteiger partial charge in [-0.2, -0.15) is 62.9 Å². The molecule has 0 unspecified atom stereocenters. The zero-order valence-electron chi connectivity index (χ0n) is 45.0. The number of carbonyl (C=O) groups is 2. The van der Waals surface area contributed by atoms with Gasteiger partial charge in [0, 0.05) is 59.9 Å². The first-order chi connectivity index (χ1) is 40.9. The number of alkyl halides is 12. The second-order valence-corrected chi connectivity index (χ2v) is 23.3. The number of hydrogen-bond acceptors (Lipinski definition) is 12. The van der Waals surface area contributed by atoms with Crippen molar-refractivity contribution in [1.82, 2.24) is 29.5 Å². The molecule has 6 heterocycles. The summed E-state index contributed by atoms with van der Waals surface area (Å²) in [7, 11) is 0. The van der Waals surface area contributed by atoms with Gasteiger partial charge in [-0.1, -0.05) is 121 Å². The van der Waals surface area contributed by atoms with Crippen LogP contribution in [0.1, 0.15) is 129 Å². The van der Waals surface area contributed by atoms with Crippen molar-refractivity contribution in [2.24, 2.45) is 0 Å². The fourth-order valence-electron chi connectivity index (χ4n) is 12.2. The third kappa shape index (κ3) is 12.0. The number of fused-ring (bicyclic) bond motifs is 2. The lowest BCUT2D eigenvalue weighted by Gasteiger charge is -2.34. The molecular formula is C60H52F12N8O4S2. The number of benzene rings is 4. The Balaban J connectivity index is 0.000000179. The fourth-order valence-corrected chi connectivity index (χ4v) is 14.0. The Morgan fingerprint density at radius 1 is 0.453 bits per heavy atom. The molecule has 4 atom stereocenters. The number of aliphatic hydroxyl groups is 2. The van der Waals surface area contributed by atoms with E-state index < -0.39 is 108 Å². The first-order valence-electron chi connectivity index (χ1n) is 27.4. The lowest BCUT2D eigenvalue weighted by Crippen LogP contribution is -2.43. The summed E-state index contributed by atoms with van der Waals surface area (Å²) in [4.78, 5) is 36.5. The molecule has 86 heavy (non-hydrogen) atoms. The number of piperidine rings is 2. The predicted octanol–water partition coefficient (Wildman–Crippen LogP) is 13.0. The Morgan fingerprint density at radius 3 is 1.00 bits per heavy atom. The number of aliphatic hydroxyl groups excluding tert-OH is 2. The van der Waals surface area contributed by atoms with E-state index in [1.54, 1.807) is 9.80 Å². The van der Waals surface area contributed by atoms with Crippen molar-refractivity contribution in [1.29, 1.82) is 0 Å². The molecule has 12 rings (SSSR count). The first-order valence-corrected chi connectivity index (χ1v) is 29.1. The summed E-state index contributed by atoms with van der Waals surface area (Å²) in [6.07, 6.45) is -23.1. The highest BCUT2D eigenvalue weighted by molar-refractivity contribution is 7.14. The minimum Gasteiger partial charge on any atom is -0.384 e. The number of ketones is 2. The Hall–Kier alpha value is -7.42. The van der Waals surface area contributed by atoms with E-state index in [0.717, 1.165) is 55.7 Å². The molecule has 26 heteroatoms. The van der Waals surface area contributed by atoms with E-state index in [1.807, 2.05) is 121 Å². The average Bonchev–Trinajstić information content (AvgIpc) is 1.76. The van der Waals surface area contributed by atoms with Crippen LogP contribution in [0.4, 0.5) is 62.9 Å². The van der Waals surface area contributed by atoms with Gasteiger partial charge in [-0.05, 0) is 47.9 Å². The van der Waals surface area contributed by atoms with E-state index in [4.69, 9.17) is 10.2 Å². The van der Waals surface area contributed by atoms with E-state index in [-0.39, 0.29) is 70.3 Å². The molecule has 0 radical (unpaired) electrons. The number of hydrogen-bond donors (Lipinski definition) is 2. The molecule has 2 aliphatic carbocycles. The van der Waals surface area contributed by atoms with Crippen LogP contribution < -0.4 is 9.80 Å². The molecular weight excluding hydrogens is 1190 g/mol. The number of halogens is 12. The number of Topliss-reactive ketones (excluding diaryl/α,β-unsaturated/α-hetero) is 2. The zero-order valence-corrected chi connectivity index (χ0v) is 46.7. The highest BCUT2D eigenvalue weighted by atomic mass is 32.1. The third-order valence-corrected chi connectivity index (χ3v) is 18.1. The molecule has 2 saturated heterocycles. The maximum Gasteiger partial charge on any atom is 0.434 e. The van der Waals surface area contributed by atoms with Crippen LogP contribution in [0.25, 0.3) is 0 Å². The number of carbonyl (C=O) groups excluding carboxylic acids is 2. The first kappa shape index (κ1) is 60.3. The Kier molecular flexibility index (Phi) is 16.6. The van der Waals surface area contributed by atoms with Gasteiger partial charge in [0.05, 0.1) is 35.6 Å². The summed E-state index contributed by atoms with van der Waals surface area (Å²) in [5, 5.41) is 33.0. The van der Waals surface area contributed by atoms with Crippen molar-refractivity contribution in [3.8, 4) is 0 Å². The van der Waals surface area contributed by atoms with Crippen LogP contribution in [0.5, 0.6) is 0 Å². The monoisotopic (exact) mass is 1240 g/mol. The second kappa shape index (κ2) is 23.7. The van der Waals surface area contributed by atoms with Gasteiger partial charge in [0.15, 0.2) is 33.2 Å². The van der Waals surface area contributed by atoms with Crippen molar-refractivity contribution < 1.29 is 72.5 Å². The topological polar surface area (TPSA) is 142 Å². The van der Waals surface area contributed by atoms with Crippen LogP contribution in [-0.2, 0) is 34.8 Å². The van der Waals surface area contributed by atoms with Crippen molar-refractivity contribution >= 4 is 44.5 Å². The van der Waals surface area contributed by atoms with E-state index in [0.29, 0.717) is 25.7 Å². The van der Waals surface area contributed by atoms with Crippen molar-refractivity contribution in [2.75, 3.05) is 36.0 Å². The molecule has 0 amide bonds. The smallest absolute Gasteiger partial charge is 0.384 e. The van der Waals surface area contributed by atoms with Crippen molar-refractivity contribution in [3.63, 3.8) is 0 Å². The van der Waals surface area contributed by atoms with E-state index >= 15 is 0 Å². The quantitative estimate of drug-likeness (QED) is 0.127. The second-order valence-electron chi connectivity index (χ2n) is 21.6. The molecule has 4 aromatic heterocycles. The van der Waals surface area contributed by atoms with Crippen molar-refractivity contribution in [2.45, 2.75) is 111 Å². The molecule has 8 aromatic rings. The number of nitrogens with zero attached hydrogens (tertiary/aromatic N) is 8. The maximum atomic E-state index is 14.6. The lowest BCUT2D eigenvalue weighted by atomic mass is 9.78. The van der Waals surface area contributed by atoms with Crippen LogP contribution in [-0.4, -0.2) is 102 Å². The Bertz CT molecular complexity index is 3350. The van der Waals surface area contributed by atoms with Crippen LogP contribution in [0.15, 0.2) is 132 Å². The largest absolute Gasteiger partial charge is 0.434 e. The predicted molar refractivity (Wildman–Crippen MR) is 294 cm³/mol. The summed E-state index contributed by atoms with van der Waals surface area (Å²) in [6, 6.07) is 35.2. The van der Waals surface area contributed by atoms with Gasteiger partial charge in [-0.15, -0.1) is 22.7 Å². The highest BCUT2D eigenvalue weighted by Gasteiger charge is 2.56. The summed E-state index contributed by atoms with van der Waals surface area (Å²) < 4.78 is 169. The van der Waals surface area contributed by atoms with E-state index in [9.17, 15) is 72.5 Å². The molecule has 2 aliphatic heterocycles. The average molecular weight is 1240 g/mol. The minimum atomic E-state index is -4.92. The molecule has 0 saturated carbocycles. The number of rotatable bonds is 10. The van der Waals surface area contributed by atoms with E-state index in [1.165, 1.54) is 9.36 Å². The fraction of sp³-hybridized carbons (Fsp3) is 0.367. The van der Waals surface area contributed by atoms with Crippen LogP contribution in [0.2, 0.25) is 0 Å². The maximum absolute atomic E-state index is 14.6. The molecule has 4 aromatic carbocycles. The van der Waals surface area contributed by atoms with Crippen molar-refractivity contribution in [3.05, 3.63) is 200 Å². The van der Waals surface area contributed by atoms with Gasteiger partial charge in [0.25, 0.3) is 0 Å². The summed E-state index contributed by atoms with van der Waals surface area (Å²) in [5.41, 5.74) is 1.25. The number of thiazole rings is 2. The lowest BCUT2D eigenvalue weighted by molar-refractivity contribution is -0.179. The van der Waals surface area contributed by atoms with E-state index in [2.05, 4.69) is 9.97 Å². The summed E-state index contributed by atoms with van der Waals surface area (Å²) in [6.45, 7) is 1.04.